The number of hydrogen-bond acceptors (Lipinski definition) is 5. The number of nitrogens with zero attached hydrogens (tertiary/aromatic N) is 1. The topological polar surface area (TPSA) is 100 Å². The van der Waals surface area contributed by atoms with E-state index >= 15 is 0 Å². The van der Waals surface area contributed by atoms with E-state index in [1.807, 2.05) is 30.5 Å². The highest BCUT2D eigenvalue weighted by Gasteiger charge is 2.31. The molecule has 2 heterocycles. The molecular weight excluding hydrogens is 316 g/mol. The lowest BCUT2D eigenvalue weighted by Gasteiger charge is -2.09. The highest BCUT2D eigenvalue weighted by Crippen LogP contribution is 2.25. The molecule has 0 aliphatic carbocycles. The van der Waals surface area contributed by atoms with Gasteiger partial charge >= 0.3 is 6.03 Å². The first-order chi connectivity index (χ1) is 11.0. The van der Waals surface area contributed by atoms with Gasteiger partial charge in [0, 0.05) is 22.3 Å². The SMILES string of the molecule is Cc1csc(-c2cccc(NC(=O)C[C@@H]3NC(=O)NC3=O)c2)n1. The van der Waals surface area contributed by atoms with Crippen molar-refractivity contribution in [3.63, 3.8) is 0 Å². The summed E-state index contributed by atoms with van der Waals surface area (Å²) in [4.78, 5) is 38.9. The Balaban J connectivity index is 1.67. The number of imide groups is 1. The molecule has 1 aromatic carbocycles. The number of hydrogen-bond donors (Lipinski definition) is 3. The zero-order valence-electron chi connectivity index (χ0n) is 12.3. The van der Waals surface area contributed by atoms with Crippen molar-refractivity contribution < 1.29 is 14.4 Å². The lowest BCUT2D eigenvalue weighted by Crippen LogP contribution is -2.33. The van der Waals surface area contributed by atoms with Crippen molar-refractivity contribution in [1.29, 1.82) is 0 Å². The van der Waals surface area contributed by atoms with Gasteiger partial charge in [0.1, 0.15) is 11.0 Å². The molecule has 3 N–H and O–H groups in total. The number of anilines is 1. The Hall–Kier alpha value is -2.74. The molecule has 0 radical (unpaired) electrons. The number of benzene rings is 1. The lowest BCUT2D eigenvalue weighted by molar-refractivity contribution is -0.124. The number of rotatable bonds is 4. The van der Waals surface area contributed by atoms with Crippen LogP contribution in [-0.4, -0.2) is 28.9 Å². The minimum absolute atomic E-state index is 0.113. The van der Waals surface area contributed by atoms with Crippen LogP contribution in [0.25, 0.3) is 10.6 Å². The van der Waals surface area contributed by atoms with Crippen molar-refractivity contribution in [2.75, 3.05) is 5.32 Å². The number of carbonyl (C=O) groups excluding carboxylic acids is 3. The molecule has 2 aromatic rings. The van der Waals surface area contributed by atoms with E-state index < -0.39 is 18.0 Å². The van der Waals surface area contributed by atoms with Crippen LogP contribution in [0.5, 0.6) is 0 Å². The highest BCUT2D eigenvalue weighted by molar-refractivity contribution is 7.13. The fourth-order valence-corrected chi connectivity index (χ4v) is 3.01. The number of nitrogens with one attached hydrogen (secondary N) is 3. The van der Waals surface area contributed by atoms with E-state index in [0.29, 0.717) is 5.69 Å². The Morgan fingerprint density at radius 1 is 1.39 bits per heavy atom. The van der Waals surface area contributed by atoms with Crippen LogP contribution in [0.15, 0.2) is 29.6 Å². The largest absolute Gasteiger partial charge is 0.326 e. The molecule has 4 amide bonds. The first-order valence-electron chi connectivity index (χ1n) is 6.95. The summed E-state index contributed by atoms with van der Waals surface area (Å²) in [5, 5.41) is 10.0. The summed E-state index contributed by atoms with van der Waals surface area (Å²) in [5.74, 6) is -0.836. The summed E-state index contributed by atoms with van der Waals surface area (Å²) in [6.07, 6.45) is -0.113. The monoisotopic (exact) mass is 330 g/mol. The molecule has 0 unspecified atom stereocenters. The van der Waals surface area contributed by atoms with Crippen molar-refractivity contribution >= 4 is 34.9 Å². The van der Waals surface area contributed by atoms with Gasteiger partial charge < -0.3 is 10.6 Å². The van der Waals surface area contributed by atoms with Crippen LogP contribution >= 0.6 is 11.3 Å². The zero-order chi connectivity index (χ0) is 16.4. The number of thiazole rings is 1. The molecule has 118 valence electrons. The normalized spacial score (nSPS) is 16.8. The predicted octanol–water partition coefficient (Wildman–Crippen LogP) is 1.66. The van der Waals surface area contributed by atoms with Crippen molar-refractivity contribution in [2.24, 2.45) is 0 Å². The van der Waals surface area contributed by atoms with Crippen LogP contribution in [-0.2, 0) is 9.59 Å². The standard InChI is InChI=1S/C15H14N4O3S/c1-8-7-23-14(16-8)9-3-2-4-10(5-9)17-12(20)6-11-13(21)19-15(22)18-11/h2-5,7,11H,6H2,1H3,(H,17,20)(H2,18,19,21,22)/t11-/m0/s1. The van der Waals surface area contributed by atoms with Crippen LogP contribution in [0.4, 0.5) is 10.5 Å². The van der Waals surface area contributed by atoms with Gasteiger partial charge in [0.25, 0.3) is 5.91 Å². The minimum Gasteiger partial charge on any atom is -0.326 e. The summed E-state index contributed by atoms with van der Waals surface area (Å²) in [6, 6.07) is 5.92. The third-order valence-corrected chi connectivity index (χ3v) is 4.27. The molecule has 23 heavy (non-hydrogen) atoms. The van der Waals surface area contributed by atoms with Gasteiger partial charge in [-0.05, 0) is 19.1 Å². The summed E-state index contributed by atoms with van der Waals surface area (Å²) in [5.41, 5.74) is 2.47. The van der Waals surface area contributed by atoms with E-state index in [2.05, 4.69) is 20.9 Å². The molecule has 0 spiro atoms. The Bertz CT molecular complexity index is 787. The van der Waals surface area contributed by atoms with Crippen molar-refractivity contribution in [3.05, 3.63) is 35.3 Å². The first kappa shape index (κ1) is 15.2. The maximum Gasteiger partial charge on any atom is 0.322 e. The molecular formula is C15H14N4O3S. The van der Waals surface area contributed by atoms with Gasteiger partial charge in [0.2, 0.25) is 5.91 Å². The van der Waals surface area contributed by atoms with Crippen LogP contribution in [0.3, 0.4) is 0 Å². The smallest absolute Gasteiger partial charge is 0.322 e. The predicted molar refractivity (Wildman–Crippen MR) is 86.0 cm³/mol. The fraction of sp³-hybridized carbons (Fsp3) is 0.200. The van der Waals surface area contributed by atoms with Gasteiger partial charge in [-0.25, -0.2) is 9.78 Å². The van der Waals surface area contributed by atoms with Gasteiger partial charge in [-0.15, -0.1) is 11.3 Å². The van der Waals surface area contributed by atoms with Crippen molar-refractivity contribution in [2.45, 2.75) is 19.4 Å². The van der Waals surface area contributed by atoms with Crippen LogP contribution < -0.4 is 16.0 Å². The Morgan fingerprint density at radius 3 is 2.87 bits per heavy atom. The van der Waals surface area contributed by atoms with E-state index in [9.17, 15) is 14.4 Å². The van der Waals surface area contributed by atoms with Crippen molar-refractivity contribution in [1.82, 2.24) is 15.6 Å². The maximum atomic E-state index is 12.0. The molecule has 0 saturated carbocycles. The number of carbonyl (C=O) groups is 3. The minimum atomic E-state index is -0.827. The van der Waals surface area contributed by atoms with Crippen LogP contribution in [0.1, 0.15) is 12.1 Å². The van der Waals surface area contributed by atoms with Gasteiger partial charge in [-0.3, -0.25) is 14.9 Å². The number of urea groups is 1. The molecule has 1 aliphatic rings. The summed E-state index contributed by atoms with van der Waals surface area (Å²) < 4.78 is 0. The molecule has 1 saturated heterocycles. The molecule has 1 aromatic heterocycles. The number of aromatic nitrogens is 1. The third kappa shape index (κ3) is 3.54. The van der Waals surface area contributed by atoms with Crippen LogP contribution in [0.2, 0.25) is 0 Å². The van der Waals surface area contributed by atoms with E-state index in [1.165, 1.54) is 11.3 Å². The number of amides is 4. The maximum absolute atomic E-state index is 12.0. The molecule has 3 rings (SSSR count). The van der Waals surface area contributed by atoms with E-state index in [0.717, 1.165) is 16.3 Å². The fourth-order valence-electron chi connectivity index (χ4n) is 2.22. The molecule has 1 aliphatic heterocycles. The lowest BCUT2D eigenvalue weighted by atomic mass is 10.1. The second-order valence-corrected chi connectivity index (χ2v) is 6.00. The van der Waals surface area contributed by atoms with Crippen LogP contribution in [0, 0.1) is 6.92 Å². The molecule has 1 atom stereocenters. The Labute approximate surface area is 136 Å². The molecule has 0 bridgehead atoms. The van der Waals surface area contributed by atoms with Gasteiger partial charge in [0.05, 0.1) is 6.42 Å². The van der Waals surface area contributed by atoms with Crippen molar-refractivity contribution in [3.8, 4) is 10.6 Å². The second-order valence-electron chi connectivity index (χ2n) is 5.14. The molecule has 8 heteroatoms. The quantitative estimate of drug-likeness (QED) is 0.742. The van der Waals surface area contributed by atoms with E-state index in [1.54, 1.807) is 6.07 Å². The van der Waals surface area contributed by atoms with Gasteiger partial charge in [-0.2, -0.15) is 0 Å². The van der Waals surface area contributed by atoms with E-state index in [4.69, 9.17) is 0 Å². The zero-order valence-corrected chi connectivity index (χ0v) is 13.1. The van der Waals surface area contributed by atoms with E-state index in [-0.39, 0.29) is 12.3 Å². The van der Waals surface area contributed by atoms with Gasteiger partial charge in [-0.1, -0.05) is 12.1 Å². The second kappa shape index (κ2) is 6.17. The molecule has 7 nitrogen and oxygen atoms in total. The Morgan fingerprint density at radius 2 is 2.22 bits per heavy atom. The highest BCUT2D eigenvalue weighted by atomic mass is 32.1. The summed E-state index contributed by atoms with van der Waals surface area (Å²) in [6.45, 7) is 1.92. The number of aryl methyl sites for hydroxylation is 1. The average Bonchev–Trinajstić information content (AvgIpc) is 3.05. The first-order valence-corrected chi connectivity index (χ1v) is 7.83. The average molecular weight is 330 g/mol. The third-order valence-electron chi connectivity index (χ3n) is 3.26. The summed E-state index contributed by atoms with van der Waals surface area (Å²) in [7, 11) is 0. The Kier molecular flexibility index (Phi) is 4.07. The molecule has 1 fully saturated rings. The summed E-state index contributed by atoms with van der Waals surface area (Å²) >= 11 is 1.53. The van der Waals surface area contributed by atoms with Gasteiger partial charge in [0.15, 0.2) is 0 Å².